The minimum absolute atomic E-state index is 0.00391. The second-order valence-corrected chi connectivity index (χ2v) is 6.61. The monoisotopic (exact) mass is 345 g/mol. The second kappa shape index (κ2) is 6.05. The highest BCUT2D eigenvalue weighted by molar-refractivity contribution is 7.99. The molecule has 0 aliphatic carbocycles. The van der Waals surface area contributed by atoms with E-state index in [1.807, 2.05) is 17.5 Å². The predicted molar refractivity (Wildman–Crippen MR) is 87.3 cm³/mol. The van der Waals surface area contributed by atoms with Gasteiger partial charge in [-0.15, -0.1) is 16.4 Å². The molecule has 2 aromatic heterocycles. The van der Waals surface area contributed by atoms with Crippen LogP contribution in [0.25, 0.3) is 10.7 Å². The number of ether oxygens (including phenoxy) is 2. The van der Waals surface area contributed by atoms with Gasteiger partial charge in [-0.3, -0.25) is 9.89 Å². The zero-order chi connectivity index (χ0) is 15.6. The molecule has 0 atom stereocenters. The molecule has 0 unspecified atom stereocenters. The third kappa shape index (κ3) is 2.95. The smallest absolute Gasteiger partial charge is 0.231 e. The zero-order valence-corrected chi connectivity index (χ0v) is 13.4. The van der Waals surface area contributed by atoms with Gasteiger partial charge >= 0.3 is 0 Å². The topological polar surface area (TPSA) is 77.1 Å². The number of thioether (sulfide) groups is 1. The van der Waals surface area contributed by atoms with Crippen LogP contribution < -0.4 is 9.47 Å². The molecule has 8 heteroatoms. The highest BCUT2D eigenvalue weighted by atomic mass is 32.2. The molecular weight excluding hydrogens is 334 g/mol. The Morgan fingerprint density at radius 3 is 3.09 bits per heavy atom. The van der Waals surface area contributed by atoms with Crippen LogP contribution in [-0.4, -0.2) is 33.5 Å². The zero-order valence-electron chi connectivity index (χ0n) is 11.8. The van der Waals surface area contributed by atoms with Gasteiger partial charge < -0.3 is 9.47 Å². The number of aromatic amines is 1. The van der Waals surface area contributed by atoms with E-state index in [0.29, 0.717) is 22.2 Å². The maximum atomic E-state index is 12.3. The van der Waals surface area contributed by atoms with E-state index in [1.54, 1.807) is 29.5 Å². The lowest BCUT2D eigenvalue weighted by molar-refractivity contribution is 0.102. The number of carbonyl (C=O) groups excluding carboxylic acids is 1. The van der Waals surface area contributed by atoms with Crippen LogP contribution in [0.3, 0.4) is 0 Å². The Morgan fingerprint density at radius 1 is 1.30 bits per heavy atom. The van der Waals surface area contributed by atoms with Crippen molar-refractivity contribution in [3.63, 3.8) is 0 Å². The predicted octanol–water partition coefficient (Wildman–Crippen LogP) is 3.24. The maximum Gasteiger partial charge on any atom is 0.231 e. The molecule has 1 N–H and O–H groups in total. The van der Waals surface area contributed by atoms with E-state index >= 15 is 0 Å². The molecule has 116 valence electrons. The van der Waals surface area contributed by atoms with Gasteiger partial charge in [0.25, 0.3) is 0 Å². The van der Waals surface area contributed by atoms with Crippen LogP contribution in [0.1, 0.15) is 10.4 Å². The molecule has 3 aromatic rings. The van der Waals surface area contributed by atoms with Crippen LogP contribution in [0.15, 0.2) is 40.9 Å². The van der Waals surface area contributed by atoms with Crippen molar-refractivity contribution in [3.05, 3.63) is 41.3 Å². The van der Waals surface area contributed by atoms with Crippen LogP contribution in [0.4, 0.5) is 0 Å². The molecule has 0 saturated heterocycles. The number of hydrogen-bond donors (Lipinski definition) is 1. The van der Waals surface area contributed by atoms with E-state index in [-0.39, 0.29) is 18.3 Å². The summed E-state index contributed by atoms with van der Waals surface area (Å²) < 4.78 is 10.5. The molecular formula is C15H11N3O3S2. The quantitative estimate of drug-likeness (QED) is 0.565. The van der Waals surface area contributed by atoms with Gasteiger partial charge in [-0.05, 0) is 29.6 Å². The largest absolute Gasteiger partial charge is 0.454 e. The van der Waals surface area contributed by atoms with Gasteiger partial charge in [-0.2, -0.15) is 0 Å². The molecule has 1 aliphatic heterocycles. The lowest BCUT2D eigenvalue weighted by atomic mass is 10.1. The fraction of sp³-hybridized carbons (Fsp3) is 0.133. The number of thiophene rings is 1. The number of fused-ring (bicyclic) bond motifs is 1. The van der Waals surface area contributed by atoms with Crippen LogP contribution in [0.2, 0.25) is 0 Å². The van der Waals surface area contributed by atoms with E-state index in [2.05, 4.69) is 15.2 Å². The van der Waals surface area contributed by atoms with Gasteiger partial charge in [0, 0.05) is 5.56 Å². The number of nitrogens with one attached hydrogen (secondary N) is 1. The summed E-state index contributed by atoms with van der Waals surface area (Å²) in [6, 6.07) is 9.13. The summed E-state index contributed by atoms with van der Waals surface area (Å²) >= 11 is 2.89. The Kier molecular flexibility index (Phi) is 3.76. The van der Waals surface area contributed by atoms with E-state index < -0.39 is 0 Å². The number of nitrogens with zero attached hydrogens (tertiary/aromatic N) is 2. The van der Waals surface area contributed by atoms with E-state index in [4.69, 9.17) is 9.47 Å². The van der Waals surface area contributed by atoms with Crippen LogP contribution >= 0.6 is 23.1 Å². The lowest BCUT2D eigenvalue weighted by Crippen LogP contribution is -2.02. The summed E-state index contributed by atoms with van der Waals surface area (Å²) in [7, 11) is 0. The molecule has 4 rings (SSSR count). The fourth-order valence-electron chi connectivity index (χ4n) is 2.12. The normalized spacial score (nSPS) is 12.5. The SMILES string of the molecule is O=C(CSc1n[nH]c(-c2cccs2)n1)c1ccc2c(c1)OCO2. The number of H-pyrrole nitrogens is 1. The molecule has 0 bridgehead atoms. The molecule has 0 spiro atoms. The highest BCUT2D eigenvalue weighted by Gasteiger charge is 2.17. The first-order chi connectivity index (χ1) is 11.3. The van der Waals surface area contributed by atoms with E-state index in [9.17, 15) is 4.79 Å². The minimum atomic E-state index is -0.00391. The van der Waals surface area contributed by atoms with Crippen molar-refractivity contribution in [1.29, 1.82) is 0 Å². The molecule has 23 heavy (non-hydrogen) atoms. The number of ketones is 1. The van der Waals surface area contributed by atoms with Gasteiger partial charge in [0.05, 0.1) is 10.6 Å². The summed E-state index contributed by atoms with van der Waals surface area (Å²) in [5, 5.41) is 9.56. The highest BCUT2D eigenvalue weighted by Crippen LogP contribution is 2.33. The average molecular weight is 345 g/mol. The Labute approximate surface area is 139 Å². The van der Waals surface area contributed by atoms with Crippen LogP contribution in [0, 0.1) is 0 Å². The number of rotatable bonds is 5. The number of aromatic nitrogens is 3. The maximum absolute atomic E-state index is 12.3. The van der Waals surface area contributed by atoms with Gasteiger partial charge in [0.15, 0.2) is 23.1 Å². The summed E-state index contributed by atoms with van der Waals surface area (Å²) in [6.45, 7) is 0.199. The van der Waals surface area contributed by atoms with Crippen molar-refractivity contribution >= 4 is 28.9 Å². The fourth-order valence-corrected chi connectivity index (χ4v) is 3.47. The Balaban J connectivity index is 1.42. The number of benzene rings is 1. The third-order valence-corrected chi connectivity index (χ3v) is 4.97. The van der Waals surface area contributed by atoms with Crippen molar-refractivity contribution in [1.82, 2.24) is 15.2 Å². The van der Waals surface area contributed by atoms with Crippen molar-refractivity contribution in [2.75, 3.05) is 12.5 Å². The summed E-state index contributed by atoms with van der Waals surface area (Å²) in [6.07, 6.45) is 0. The first-order valence-corrected chi connectivity index (χ1v) is 8.68. The Hall–Kier alpha value is -2.32. The van der Waals surface area contributed by atoms with Crippen LogP contribution in [0.5, 0.6) is 11.5 Å². The molecule has 6 nitrogen and oxygen atoms in total. The second-order valence-electron chi connectivity index (χ2n) is 4.72. The minimum Gasteiger partial charge on any atom is -0.454 e. The Bertz CT molecular complexity index is 846. The summed E-state index contributed by atoms with van der Waals surface area (Å²) in [4.78, 5) is 17.7. The first kappa shape index (κ1) is 14.3. The van der Waals surface area contributed by atoms with Crippen molar-refractivity contribution in [2.45, 2.75) is 5.16 Å². The number of Topliss-reactive ketones (excluding diaryl/α,β-unsaturated/α-hetero) is 1. The third-order valence-electron chi connectivity index (χ3n) is 3.25. The van der Waals surface area contributed by atoms with Crippen molar-refractivity contribution < 1.29 is 14.3 Å². The van der Waals surface area contributed by atoms with Gasteiger partial charge in [0.1, 0.15) is 0 Å². The molecule has 3 heterocycles. The van der Waals surface area contributed by atoms with E-state index in [1.165, 1.54) is 11.8 Å². The van der Waals surface area contributed by atoms with Crippen molar-refractivity contribution in [3.8, 4) is 22.2 Å². The molecule has 0 fully saturated rings. The van der Waals surface area contributed by atoms with Gasteiger partial charge in [-0.25, -0.2) is 4.98 Å². The Morgan fingerprint density at radius 2 is 2.22 bits per heavy atom. The van der Waals surface area contributed by atoms with E-state index in [0.717, 1.165) is 10.7 Å². The average Bonchev–Trinajstić information content (AvgIpc) is 3.32. The van der Waals surface area contributed by atoms with Crippen LogP contribution in [-0.2, 0) is 0 Å². The number of carbonyl (C=O) groups is 1. The molecule has 0 amide bonds. The first-order valence-electron chi connectivity index (χ1n) is 6.81. The molecule has 1 aliphatic rings. The lowest BCUT2D eigenvalue weighted by Gasteiger charge is -2.01. The van der Waals surface area contributed by atoms with Gasteiger partial charge in [0.2, 0.25) is 11.9 Å². The molecule has 0 saturated carbocycles. The van der Waals surface area contributed by atoms with Crippen molar-refractivity contribution in [2.24, 2.45) is 0 Å². The van der Waals surface area contributed by atoms with Gasteiger partial charge in [-0.1, -0.05) is 17.8 Å². The number of hydrogen-bond acceptors (Lipinski definition) is 7. The standard InChI is InChI=1S/C15H11N3O3S2/c19-10(9-3-4-11-12(6-9)21-8-20-11)7-23-15-16-14(17-18-15)13-2-1-5-22-13/h1-6H,7-8H2,(H,16,17,18). The molecule has 1 aromatic carbocycles. The molecule has 0 radical (unpaired) electrons. The summed E-state index contributed by atoms with van der Waals surface area (Å²) in [5.74, 6) is 2.26. The summed E-state index contributed by atoms with van der Waals surface area (Å²) in [5.41, 5.74) is 0.593.